The second-order valence-electron chi connectivity index (χ2n) is 3.71. The number of carboxylic acids is 1. The minimum Gasteiger partial charge on any atom is -0.481 e. The van der Waals surface area contributed by atoms with E-state index < -0.39 is 5.97 Å². The second kappa shape index (κ2) is 8.26. The number of hydrogen-bond donors (Lipinski definition) is 2. The quantitative estimate of drug-likeness (QED) is 0.650. The molecule has 0 radical (unpaired) electrons. The van der Waals surface area contributed by atoms with E-state index in [0.29, 0.717) is 12.8 Å². The Bertz CT molecular complexity index is 204. The lowest BCUT2D eigenvalue weighted by molar-refractivity contribution is -0.137. The summed E-state index contributed by atoms with van der Waals surface area (Å²) in [6, 6.07) is 0.243. The fourth-order valence-corrected chi connectivity index (χ4v) is 1.43. The molecule has 15 heavy (non-hydrogen) atoms. The predicted molar refractivity (Wildman–Crippen MR) is 58.6 cm³/mol. The molecule has 0 aliphatic heterocycles. The van der Waals surface area contributed by atoms with E-state index in [0.717, 1.165) is 19.3 Å². The first-order chi connectivity index (χ1) is 7.10. The molecule has 88 valence electrons. The van der Waals surface area contributed by atoms with Crippen LogP contribution in [0.15, 0.2) is 0 Å². The predicted octanol–water partition coefficient (Wildman–Crippen LogP) is 1.94. The molecule has 1 unspecified atom stereocenters. The van der Waals surface area contributed by atoms with Gasteiger partial charge in [0.2, 0.25) is 5.91 Å². The number of carbonyl (C=O) groups excluding carboxylic acids is 1. The van der Waals surface area contributed by atoms with Crippen molar-refractivity contribution < 1.29 is 14.7 Å². The number of rotatable bonds is 8. The molecule has 2 N–H and O–H groups in total. The molecule has 1 atom stereocenters. The molecule has 0 aromatic carbocycles. The molecular formula is C11H21NO3. The van der Waals surface area contributed by atoms with E-state index >= 15 is 0 Å². The highest BCUT2D eigenvalue weighted by Crippen LogP contribution is 2.02. The average molecular weight is 215 g/mol. The van der Waals surface area contributed by atoms with E-state index in [1.807, 2.05) is 6.92 Å². The molecule has 0 saturated carbocycles. The molecule has 0 heterocycles. The van der Waals surface area contributed by atoms with Gasteiger partial charge in [0.05, 0.1) is 0 Å². The van der Waals surface area contributed by atoms with E-state index in [4.69, 9.17) is 5.11 Å². The molecule has 1 amide bonds. The van der Waals surface area contributed by atoms with Crippen LogP contribution in [-0.4, -0.2) is 23.0 Å². The summed E-state index contributed by atoms with van der Waals surface area (Å²) < 4.78 is 0. The number of nitrogens with one attached hydrogen (secondary N) is 1. The Morgan fingerprint density at radius 1 is 1.27 bits per heavy atom. The van der Waals surface area contributed by atoms with E-state index in [-0.39, 0.29) is 18.4 Å². The molecule has 0 rings (SSSR count). The summed E-state index contributed by atoms with van der Waals surface area (Å²) >= 11 is 0. The monoisotopic (exact) mass is 215 g/mol. The van der Waals surface area contributed by atoms with Crippen molar-refractivity contribution in [3.8, 4) is 0 Å². The van der Waals surface area contributed by atoms with Crippen molar-refractivity contribution in [2.45, 2.75) is 58.4 Å². The Morgan fingerprint density at radius 2 is 1.93 bits per heavy atom. The van der Waals surface area contributed by atoms with E-state index in [1.54, 1.807) is 0 Å². The van der Waals surface area contributed by atoms with Crippen LogP contribution >= 0.6 is 0 Å². The van der Waals surface area contributed by atoms with Crippen LogP contribution in [0.2, 0.25) is 0 Å². The lowest BCUT2D eigenvalue weighted by Gasteiger charge is -2.15. The standard InChI is InChI=1S/C11H21NO3/c1-3-6-9(4-2)12-10(13)7-5-8-11(14)15/h9H,3-8H2,1-2H3,(H,12,13)(H,14,15). The maximum Gasteiger partial charge on any atom is 0.303 e. The van der Waals surface area contributed by atoms with Crippen molar-refractivity contribution in [1.82, 2.24) is 5.32 Å². The van der Waals surface area contributed by atoms with Gasteiger partial charge in [0.25, 0.3) is 0 Å². The number of amides is 1. The highest BCUT2D eigenvalue weighted by molar-refractivity contribution is 5.77. The summed E-state index contributed by atoms with van der Waals surface area (Å²) in [5.41, 5.74) is 0. The minimum absolute atomic E-state index is 0.0310. The van der Waals surface area contributed by atoms with Gasteiger partial charge in [0, 0.05) is 18.9 Å². The zero-order chi connectivity index (χ0) is 11.7. The van der Waals surface area contributed by atoms with Gasteiger partial charge in [0.1, 0.15) is 0 Å². The maximum absolute atomic E-state index is 11.4. The van der Waals surface area contributed by atoms with Crippen LogP contribution in [0.4, 0.5) is 0 Å². The van der Waals surface area contributed by atoms with Gasteiger partial charge in [-0.25, -0.2) is 0 Å². The smallest absolute Gasteiger partial charge is 0.303 e. The van der Waals surface area contributed by atoms with Crippen molar-refractivity contribution in [2.24, 2.45) is 0 Å². The Morgan fingerprint density at radius 3 is 2.40 bits per heavy atom. The molecule has 0 aliphatic rings. The minimum atomic E-state index is -0.844. The van der Waals surface area contributed by atoms with Crippen LogP contribution in [0.25, 0.3) is 0 Å². The topological polar surface area (TPSA) is 66.4 Å². The van der Waals surface area contributed by atoms with Gasteiger partial charge in [-0.15, -0.1) is 0 Å². The molecule has 0 spiro atoms. The Balaban J connectivity index is 3.66. The third kappa shape index (κ3) is 7.97. The van der Waals surface area contributed by atoms with E-state index in [1.165, 1.54) is 0 Å². The van der Waals surface area contributed by atoms with Gasteiger partial charge in [-0.1, -0.05) is 20.3 Å². The number of hydrogen-bond acceptors (Lipinski definition) is 2. The van der Waals surface area contributed by atoms with Crippen molar-refractivity contribution in [2.75, 3.05) is 0 Å². The maximum atomic E-state index is 11.4. The van der Waals surface area contributed by atoms with Gasteiger partial charge in [-0.2, -0.15) is 0 Å². The third-order valence-corrected chi connectivity index (χ3v) is 2.29. The molecule has 0 saturated heterocycles. The van der Waals surface area contributed by atoms with Gasteiger partial charge in [0.15, 0.2) is 0 Å². The number of aliphatic carboxylic acids is 1. The lowest BCUT2D eigenvalue weighted by atomic mass is 10.1. The van der Waals surface area contributed by atoms with Crippen molar-refractivity contribution in [3.05, 3.63) is 0 Å². The summed E-state index contributed by atoms with van der Waals surface area (Å²) in [7, 11) is 0. The average Bonchev–Trinajstić information content (AvgIpc) is 2.16. The summed E-state index contributed by atoms with van der Waals surface area (Å²) in [5, 5.41) is 11.3. The summed E-state index contributed by atoms with van der Waals surface area (Å²) in [6.45, 7) is 4.12. The Labute approximate surface area is 91.1 Å². The highest BCUT2D eigenvalue weighted by Gasteiger charge is 2.09. The first-order valence-corrected chi connectivity index (χ1v) is 5.61. The van der Waals surface area contributed by atoms with Crippen LogP contribution < -0.4 is 5.32 Å². The summed E-state index contributed by atoms with van der Waals surface area (Å²) in [6.07, 6.45) is 3.77. The van der Waals surface area contributed by atoms with E-state index in [2.05, 4.69) is 12.2 Å². The van der Waals surface area contributed by atoms with Gasteiger partial charge in [-0.05, 0) is 19.3 Å². The molecule has 0 aliphatic carbocycles. The lowest BCUT2D eigenvalue weighted by Crippen LogP contribution is -2.34. The van der Waals surface area contributed by atoms with Crippen LogP contribution in [0.1, 0.15) is 52.4 Å². The van der Waals surface area contributed by atoms with Crippen molar-refractivity contribution in [3.63, 3.8) is 0 Å². The van der Waals surface area contributed by atoms with Gasteiger partial charge >= 0.3 is 5.97 Å². The molecule has 0 bridgehead atoms. The number of carboxylic acid groups (broad SMARTS) is 1. The first kappa shape index (κ1) is 13.9. The molecule has 0 fully saturated rings. The zero-order valence-corrected chi connectivity index (χ0v) is 9.58. The third-order valence-electron chi connectivity index (χ3n) is 2.29. The molecule has 0 aromatic rings. The van der Waals surface area contributed by atoms with Crippen molar-refractivity contribution >= 4 is 11.9 Å². The van der Waals surface area contributed by atoms with Crippen LogP contribution in [-0.2, 0) is 9.59 Å². The highest BCUT2D eigenvalue weighted by atomic mass is 16.4. The molecule has 4 nitrogen and oxygen atoms in total. The van der Waals surface area contributed by atoms with Gasteiger partial charge < -0.3 is 10.4 Å². The fraction of sp³-hybridized carbons (Fsp3) is 0.818. The first-order valence-electron chi connectivity index (χ1n) is 5.61. The van der Waals surface area contributed by atoms with Crippen LogP contribution in [0.3, 0.4) is 0 Å². The normalized spacial score (nSPS) is 12.1. The van der Waals surface area contributed by atoms with Crippen LogP contribution in [0, 0.1) is 0 Å². The number of carbonyl (C=O) groups is 2. The largest absolute Gasteiger partial charge is 0.481 e. The molecular weight excluding hydrogens is 194 g/mol. The Hall–Kier alpha value is -1.06. The Kier molecular flexibility index (Phi) is 7.68. The fourth-order valence-electron chi connectivity index (χ4n) is 1.43. The summed E-state index contributed by atoms with van der Waals surface area (Å²) in [4.78, 5) is 21.6. The molecule has 4 heteroatoms. The zero-order valence-electron chi connectivity index (χ0n) is 9.58. The van der Waals surface area contributed by atoms with Crippen LogP contribution in [0.5, 0.6) is 0 Å². The SMILES string of the molecule is CCCC(CC)NC(=O)CCCC(=O)O. The molecule has 0 aromatic heterocycles. The summed E-state index contributed by atoms with van der Waals surface area (Å²) in [5.74, 6) is -0.875. The second-order valence-corrected chi connectivity index (χ2v) is 3.71. The van der Waals surface area contributed by atoms with Crippen molar-refractivity contribution in [1.29, 1.82) is 0 Å². The van der Waals surface area contributed by atoms with E-state index in [9.17, 15) is 9.59 Å². The van der Waals surface area contributed by atoms with Gasteiger partial charge in [-0.3, -0.25) is 9.59 Å².